The Balaban J connectivity index is 1.79. The zero-order chi connectivity index (χ0) is 17.2. The third kappa shape index (κ3) is 3.22. The van der Waals surface area contributed by atoms with Crippen molar-refractivity contribution in [1.82, 2.24) is 14.8 Å². The molecule has 0 saturated carbocycles. The number of aromatic nitrogens is 3. The van der Waals surface area contributed by atoms with E-state index in [0.29, 0.717) is 5.92 Å². The van der Waals surface area contributed by atoms with Crippen LogP contribution < -0.4 is 9.47 Å². The van der Waals surface area contributed by atoms with E-state index in [-0.39, 0.29) is 6.79 Å². The molecule has 0 radical (unpaired) electrons. The fourth-order valence-corrected chi connectivity index (χ4v) is 3.54. The summed E-state index contributed by atoms with van der Waals surface area (Å²) >= 11 is 1.72. The van der Waals surface area contributed by atoms with Gasteiger partial charge in [-0.1, -0.05) is 43.8 Å². The van der Waals surface area contributed by atoms with E-state index in [4.69, 9.17) is 9.47 Å². The van der Waals surface area contributed by atoms with Crippen molar-refractivity contribution in [2.24, 2.45) is 5.92 Å². The minimum absolute atomic E-state index is 0.264. The van der Waals surface area contributed by atoms with Crippen molar-refractivity contribution in [2.75, 3.05) is 12.5 Å². The maximum Gasteiger partial charge on any atom is 0.231 e. The lowest BCUT2D eigenvalue weighted by Gasteiger charge is -2.11. The van der Waals surface area contributed by atoms with Crippen molar-refractivity contribution in [2.45, 2.75) is 19.0 Å². The second-order valence-corrected chi connectivity index (χ2v) is 7.24. The topological polar surface area (TPSA) is 49.2 Å². The highest BCUT2D eigenvalue weighted by Gasteiger charge is 2.20. The van der Waals surface area contributed by atoms with Gasteiger partial charge in [0, 0.05) is 17.0 Å². The second-order valence-electron chi connectivity index (χ2n) is 6.25. The van der Waals surface area contributed by atoms with Crippen LogP contribution in [0.5, 0.6) is 11.5 Å². The molecule has 0 spiro atoms. The fourth-order valence-electron chi connectivity index (χ4n) is 2.64. The van der Waals surface area contributed by atoms with Gasteiger partial charge in [0.25, 0.3) is 0 Å². The Kier molecular flexibility index (Phi) is 4.36. The fraction of sp³-hybridized carbons (Fsp3) is 0.263. The van der Waals surface area contributed by atoms with E-state index in [0.717, 1.165) is 39.5 Å². The van der Waals surface area contributed by atoms with Crippen LogP contribution in [-0.4, -0.2) is 27.3 Å². The smallest absolute Gasteiger partial charge is 0.231 e. The first-order valence-corrected chi connectivity index (χ1v) is 9.24. The normalized spacial score (nSPS) is 12.8. The van der Waals surface area contributed by atoms with Crippen LogP contribution in [0.2, 0.25) is 0 Å². The van der Waals surface area contributed by atoms with Gasteiger partial charge in [0.1, 0.15) is 0 Å². The van der Waals surface area contributed by atoms with Gasteiger partial charge in [-0.05, 0) is 36.2 Å². The lowest BCUT2D eigenvalue weighted by atomic mass is 10.2. The predicted molar refractivity (Wildman–Crippen MR) is 98.5 cm³/mol. The highest BCUT2D eigenvalue weighted by atomic mass is 32.2. The van der Waals surface area contributed by atoms with Gasteiger partial charge in [-0.25, -0.2) is 0 Å². The third-order valence-electron chi connectivity index (χ3n) is 3.82. The molecule has 2 heterocycles. The van der Waals surface area contributed by atoms with Crippen molar-refractivity contribution < 1.29 is 9.47 Å². The highest BCUT2D eigenvalue weighted by Crippen LogP contribution is 2.37. The van der Waals surface area contributed by atoms with E-state index in [9.17, 15) is 0 Å². The molecule has 25 heavy (non-hydrogen) atoms. The van der Waals surface area contributed by atoms with E-state index in [1.807, 2.05) is 36.4 Å². The zero-order valence-corrected chi connectivity index (χ0v) is 15.0. The number of ether oxygens (including phenoxy) is 2. The van der Waals surface area contributed by atoms with Crippen molar-refractivity contribution in [3.63, 3.8) is 0 Å². The number of fused-ring (bicyclic) bond motifs is 1. The van der Waals surface area contributed by atoms with Crippen molar-refractivity contribution in [3.05, 3.63) is 48.5 Å². The van der Waals surface area contributed by atoms with Crippen molar-refractivity contribution in [3.8, 4) is 28.6 Å². The summed E-state index contributed by atoms with van der Waals surface area (Å²) in [6.45, 7) is 4.67. The summed E-state index contributed by atoms with van der Waals surface area (Å²) < 4.78 is 13.0. The van der Waals surface area contributed by atoms with E-state index in [2.05, 4.69) is 40.7 Å². The minimum Gasteiger partial charge on any atom is -0.454 e. The summed E-state index contributed by atoms with van der Waals surface area (Å²) in [5.74, 6) is 3.89. The largest absolute Gasteiger partial charge is 0.454 e. The molecule has 1 aromatic heterocycles. The molecule has 4 rings (SSSR count). The summed E-state index contributed by atoms with van der Waals surface area (Å²) in [6, 6.07) is 16.1. The molecule has 128 valence electrons. The second kappa shape index (κ2) is 6.80. The van der Waals surface area contributed by atoms with Gasteiger partial charge in [-0.3, -0.25) is 4.57 Å². The number of benzene rings is 2. The Morgan fingerprint density at radius 3 is 2.64 bits per heavy atom. The average molecular weight is 353 g/mol. The molecule has 2 aromatic carbocycles. The summed E-state index contributed by atoms with van der Waals surface area (Å²) in [4.78, 5) is 0. The van der Waals surface area contributed by atoms with Gasteiger partial charge in [0.15, 0.2) is 22.5 Å². The number of hydrogen-bond donors (Lipinski definition) is 0. The maximum atomic E-state index is 5.51. The first-order chi connectivity index (χ1) is 12.2. The lowest BCUT2D eigenvalue weighted by Crippen LogP contribution is -2.01. The van der Waals surface area contributed by atoms with Crippen molar-refractivity contribution >= 4 is 11.8 Å². The van der Waals surface area contributed by atoms with E-state index >= 15 is 0 Å². The van der Waals surface area contributed by atoms with Gasteiger partial charge >= 0.3 is 0 Å². The first-order valence-electron chi connectivity index (χ1n) is 8.26. The SMILES string of the molecule is CC(C)CSc1nnc(-c2ccc3c(c2)OCO3)n1-c1ccccc1. The van der Waals surface area contributed by atoms with E-state index < -0.39 is 0 Å². The summed E-state index contributed by atoms with van der Waals surface area (Å²) in [7, 11) is 0. The number of nitrogens with zero attached hydrogens (tertiary/aromatic N) is 3. The van der Waals surface area contributed by atoms with Crippen LogP contribution in [0, 0.1) is 5.92 Å². The average Bonchev–Trinajstić information content (AvgIpc) is 3.26. The third-order valence-corrected chi connectivity index (χ3v) is 5.18. The number of para-hydroxylation sites is 1. The first kappa shape index (κ1) is 16.0. The molecule has 0 saturated heterocycles. The quantitative estimate of drug-likeness (QED) is 0.636. The Bertz CT molecular complexity index is 878. The summed E-state index contributed by atoms with van der Waals surface area (Å²) in [5, 5.41) is 9.80. The molecule has 0 unspecified atom stereocenters. The highest BCUT2D eigenvalue weighted by molar-refractivity contribution is 7.99. The van der Waals surface area contributed by atoms with Crippen LogP contribution >= 0.6 is 11.8 Å². The van der Waals surface area contributed by atoms with Gasteiger partial charge in [0.05, 0.1) is 0 Å². The molecule has 1 aliphatic rings. The molecule has 3 aromatic rings. The Hall–Kier alpha value is -2.47. The zero-order valence-electron chi connectivity index (χ0n) is 14.2. The summed E-state index contributed by atoms with van der Waals surface area (Å²) in [5.41, 5.74) is 2.00. The standard InChI is InChI=1S/C19H19N3O2S/c1-13(2)11-25-19-21-20-18(22(19)15-6-4-3-5-7-15)14-8-9-16-17(10-14)24-12-23-16/h3-10,13H,11-12H2,1-2H3. The number of hydrogen-bond acceptors (Lipinski definition) is 5. The van der Waals surface area contributed by atoms with E-state index in [1.165, 1.54) is 0 Å². The molecule has 0 N–H and O–H groups in total. The van der Waals surface area contributed by atoms with Gasteiger partial charge in [-0.2, -0.15) is 0 Å². The van der Waals surface area contributed by atoms with Gasteiger partial charge < -0.3 is 9.47 Å². The van der Waals surface area contributed by atoms with Crippen LogP contribution in [0.4, 0.5) is 0 Å². The number of rotatable bonds is 5. The molecule has 6 heteroatoms. The van der Waals surface area contributed by atoms with Crippen LogP contribution in [0.3, 0.4) is 0 Å². The molecular formula is C19H19N3O2S. The molecule has 0 atom stereocenters. The monoisotopic (exact) mass is 353 g/mol. The number of thioether (sulfide) groups is 1. The molecule has 5 nitrogen and oxygen atoms in total. The molecular weight excluding hydrogens is 334 g/mol. The van der Waals surface area contributed by atoms with Crippen LogP contribution in [-0.2, 0) is 0 Å². The Morgan fingerprint density at radius 2 is 1.84 bits per heavy atom. The van der Waals surface area contributed by atoms with Crippen LogP contribution in [0.15, 0.2) is 53.7 Å². The summed E-state index contributed by atoms with van der Waals surface area (Å²) in [6.07, 6.45) is 0. The lowest BCUT2D eigenvalue weighted by molar-refractivity contribution is 0.174. The Labute approximate surface area is 151 Å². The van der Waals surface area contributed by atoms with Crippen LogP contribution in [0.1, 0.15) is 13.8 Å². The van der Waals surface area contributed by atoms with Gasteiger partial charge in [0.2, 0.25) is 6.79 Å². The van der Waals surface area contributed by atoms with Gasteiger partial charge in [-0.15, -0.1) is 10.2 Å². The predicted octanol–water partition coefficient (Wildman–Crippen LogP) is 4.41. The molecule has 0 amide bonds. The van der Waals surface area contributed by atoms with Crippen LogP contribution in [0.25, 0.3) is 17.1 Å². The molecule has 1 aliphatic heterocycles. The molecule has 0 fully saturated rings. The molecule has 0 aliphatic carbocycles. The minimum atomic E-state index is 0.264. The van der Waals surface area contributed by atoms with E-state index in [1.54, 1.807) is 11.8 Å². The van der Waals surface area contributed by atoms with Crippen molar-refractivity contribution in [1.29, 1.82) is 0 Å². The maximum absolute atomic E-state index is 5.51. The Morgan fingerprint density at radius 1 is 1.04 bits per heavy atom. The molecule has 0 bridgehead atoms.